The molecule has 1 aromatic heterocycles. The number of halogens is 6. The van der Waals surface area contributed by atoms with E-state index in [1.807, 2.05) is 0 Å². The highest BCUT2D eigenvalue weighted by molar-refractivity contribution is 7.93. The first-order valence-corrected chi connectivity index (χ1v) is 15.9. The van der Waals surface area contributed by atoms with Gasteiger partial charge in [-0.2, -0.15) is 26.3 Å². The van der Waals surface area contributed by atoms with Crippen LogP contribution in [0.5, 0.6) is 11.6 Å². The van der Waals surface area contributed by atoms with Gasteiger partial charge < -0.3 is 19.3 Å². The maximum atomic E-state index is 14.0. The molecule has 0 radical (unpaired) electrons. The molecule has 254 valence electrons. The van der Waals surface area contributed by atoms with E-state index in [-0.39, 0.29) is 30.3 Å². The molecule has 0 aliphatic carbocycles. The van der Waals surface area contributed by atoms with Crippen molar-refractivity contribution in [1.82, 2.24) is 14.5 Å². The van der Waals surface area contributed by atoms with Gasteiger partial charge in [-0.15, -0.1) is 5.10 Å². The summed E-state index contributed by atoms with van der Waals surface area (Å²) in [6.07, 6.45) is -11.8. The number of alkyl halides is 6. The molecule has 22 heteroatoms. The number of sulfonamides is 2. The number of aliphatic hydroxyl groups is 1. The zero-order chi connectivity index (χ0) is 34.0. The zero-order valence-electron chi connectivity index (χ0n) is 23.8. The number of nitrogens with one attached hydrogen (secondary N) is 2. The lowest BCUT2D eigenvalue weighted by atomic mass is 10.1. The van der Waals surface area contributed by atoms with E-state index in [0.29, 0.717) is 18.2 Å². The van der Waals surface area contributed by atoms with Crippen LogP contribution in [0.15, 0.2) is 29.3 Å². The first-order valence-electron chi connectivity index (χ1n) is 12.8. The topological polar surface area (TPSA) is 178 Å². The third-order valence-electron chi connectivity index (χ3n) is 5.97. The number of aromatic nitrogens is 2. The van der Waals surface area contributed by atoms with Crippen LogP contribution in [-0.4, -0.2) is 93.9 Å². The van der Waals surface area contributed by atoms with E-state index < -0.39 is 86.4 Å². The normalized spacial score (nSPS) is 16.1. The van der Waals surface area contributed by atoms with Crippen LogP contribution in [0.25, 0.3) is 0 Å². The second-order valence-corrected chi connectivity index (χ2v) is 13.6. The fourth-order valence-electron chi connectivity index (χ4n) is 3.73. The summed E-state index contributed by atoms with van der Waals surface area (Å²) >= 11 is 0. The van der Waals surface area contributed by atoms with E-state index in [9.17, 15) is 48.0 Å². The summed E-state index contributed by atoms with van der Waals surface area (Å²) in [7, 11) is -9.63. The second-order valence-electron chi connectivity index (χ2n) is 9.93. The summed E-state index contributed by atoms with van der Waals surface area (Å²) in [5, 5.41) is 15.2. The number of ether oxygens (including phenoxy) is 3. The number of benzene rings is 1. The molecule has 1 aliphatic heterocycles. The van der Waals surface area contributed by atoms with Crippen LogP contribution < -0.4 is 23.8 Å². The number of anilines is 2. The molecule has 0 saturated carbocycles. The Bertz CT molecular complexity index is 1590. The lowest BCUT2D eigenvalue weighted by molar-refractivity contribution is -0.242. The molecule has 1 amide bonds. The van der Waals surface area contributed by atoms with Crippen molar-refractivity contribution in [2.24, 2.45) is 0 Å². The number of carbonyl (C=O) groups excluding carboxylic acids is 1. The Labute approximate surface area is 253 Å². The molecule has 1 aliphatic rings. The first kappa shape index (κ1) is 36.0. The fraction of sp³-hybridized carbons (Fsp3) is 0.565. The van der Waals surface area contributed by atoms with Gasteiger partial charge in [-0.1, -0.05) is 0 Å². The number of carbonyl (C=O) groups is 1. The number of hydrogen-bond acceptors (Lipinski definition) is 10. The highest BCUT2D eigenvalue weighted by Gasteiger charge is 2.51. The molecule has 1 atom stereocenters. The van der Waals surface area contributed by atoms with Crippen molar-refractivity contribution < 1.29 is 67.3 Å². The van der Waals surface area contributed by atoms with Gasteiger partial charge in [-0.05, 0) is 39.0 Å². The standard InChI is InChI=1S/C23H29F6N5O9S2/c1-4-33-12-18(19(32-33)41-8-7-35)45(39,40)34-11-15(10-30-44(37,38)13-22(24,25)26)42-17-6-5-14(9-16(17)34)31-20(36)43-21(2,3)23(27,28)29/h5-6,9,12,15,30,35H,4,7-8,10-11,13H2,1-3H3,(H,31,36)/t15-/m0/s1. The zero-order valence-corrected chi connectivity index (χ0v) is 25.4. The molecule has 1 aromatic carbocycles. The van der Waals surface area contributed by atoms with Gasteiger partial charge in [-0.25, -0.2) is 26.4 Å². The first-order chi connectivity index (χ1) is 20.6. The van der Waals surface area contributed by atoms with E-state index in [1.54, 1.807) is 11.6 Å². The lowest BCUT2D eigenvalue weighted by Crippen LogP contribution is -2.49. The summed E-state index contributed by atoms with van der Waals surface area (Å²) in [6.45, 7) is 0.671. The predicted octanol–water partition coefficient (Wildman–Crippen LogP) is 2.60. The fourth-order valence-corrected chi connectivity index (χ4v) is 6.28. The minimum absolute atomic E-state index is 0.179. The van der Waals surface area contributed by atoms with Crippen molar-refractivity contribution in [1.29, 1.82) is 0 Å². The van der Waals surface area contributed by atoms with Crippen molar-refractivity contribution in [3.05, 3.63) is 24.4 Å². The molecule has 0 unspecified atom stereocenters. The Morgan fingerprint density at radius 3 is 2.40 bits per heavy atom. The largest absolute Gasteiger partial charge is 0.485 e. The number of fused-ring (bicyclic) bond motifs is 1. The average molecular weight is 698 g/mol. The monoisotopic (exact) mass is 697 g/mol. The SMILES string of the molecule is CCn1cc(S(=O)(=O)N2C[C@H](CNS(=O)(=O)CC(F)(F)F)Oc3ccc(NC(=O)OC(C)(C)C(F)(F)F)cc32)c(OCCO)n1. The van der Waals surface area contributed by atoms with Gasteiger partial charge in [0.15, 0.2) is 10.6 Å². The van der Waals surface area contributed by atoms with Gasteiger partial charge in [0.05, 0.1) is 18.8 Å². The predicted molar refractivity (Wildman–Crippen MR) is 144 cm³/mol. The number of aliphatic hydroxyl groups excluding tert-OH is 1. The van der Waals surface area contributed by atoms with Gasteiger partial charge in [0.25, 0.3) is 15.9 Å². The molecule has 2 aromatic rings. The third-order valence-corrected chi connectivity index (χ3v) is 9.05. The van der Waals surface area contributed by atoms with E-state index in [2.05, 4.69) is 15.2 Å². The number of nitrogens with zero attached hydrogens (tertiary/aromatic N) is 3. The molecule has 0 spiro atoms. The van der Waals surface area contributed by atoms with Crippen molar-refractivity contribution in [2.75, 3.05) is 41.7 Å². The van der Waals surface area contributed by atoms with Crippen molar-refractivity contribution in [3.63, 3.8) is 0 Å². The van der Waals surface area contributed by atoms with Crippen molar-refractivity contribution in [2.45, 2.75) is 56.3 Å². The van der Waals surface area contributed by atoms with E-state index in [4.69, 9.17) is 14.6 Å². The molecule has 2 heterocycles. The van der Waals surface area contributed by atoms with Crippen LogP contribution >= 0.6 is 0 Å². The molecule has 0 bridgehead atoms. The van der Waals surface area contributed by atoms with Crippen molar-refractivity contribution >= 4 is 37.5 Å². The third kappa shape index (κ3) is 9.04. The highest BCUT2D eigenvalue weighted by Crippen LogP contribution is 2.41. The molecule has 0 saturated heterocycles. The molecule has 3 N–H and O–H groups in total. The summed E-state index contributed by atoms with van der Waals surface area (Å²) in [5.74, 6) is -2.88. The summed E-state index contributed by atoms with van der Waals surface area (Å²) in [6, 6.07) is 3.21. The van der Waals surface area contributed by atoms with Gasteiger partial charge in [-0.3, -0.25) is 14.3 Å². The van der Waals surface area contributed by atoms with Crippen LogP contribution in [0.2, 0.25) is 0 Å². The number of aryl methyl sites for hydroxylation is 1. The van der Waals surface area contributed by atoms with Crippen LogP contribution in [0.1, 0.15) is 20.8 Å². The van der Waals surface area contributed by atoms with Gasteiger partial charge in [0.2, 0.25) is 15.6 Å². The molecule has 45 heavy (non-hydrogen) atoms. The Balaban J connectivity index is 2.02. The Morgan fingerprint density at radius 1 is 1.16 bits per heavy atom. The number of amides is 1. The minimum Gasteiger partial charge on any atom is -0.485 e. The lowest BCUT2D eigenvalue weighted by Gasteiger charge is -2.35. The van der Waals surface area contributed by atoms with Crippen molar-refractivity contribution in [3.8, 4) is 11.6 Å². The maximum Gasteiger partial charge on any atom is 0.427 e. The van der Waals surface area contributed by atoms with Crippen LogP contribution in [0, 0.1) is 0 Å². The summed E-state index contributed by atoms with van der Waals surface area (Å²) in [5.41, 5.74) is -3.43. The summed E-state index contributed by atoms with van der Waals surface area (Å²) < 4.78 is 148. The van der Waals surface area contributed by atoms with E-state index in [1.165, 1.54) is 4.68 Å². The Kier molecular flexibility index (Phi) is 10.5. The second kappa shape index (κ2) is 13.1. The Hall–Kier alpha value is -3.50. The van der Waals surface area contributed by atoms with Gasteiger partial charge >= 0.3 is 18.4 Å². The molecular weight excluding hydrogens is 668 g/mol. The molecule has 3 rings (SSSR count). The highest BCUT2D eigenvalue weighted by atomic mass is 32.2. The number of rotatable bonds is 12. The van der Waals surface area contributed by atoms with Crippen LogP contribution in [0.4, 0.5) is 42.5 Å². The van der Waals surface area contributed by atoms with Gasteiger partial charge in [0.1, 0.15) is 18.5 Å². The van der Waals surface area contributed by atoms with Crippen LogP contribution in [0.3, 0.4) is 0 Å². The average Bonchev–Trinajstić information content (AvgIpc) is 3.32. The molecule has 0 fully saturated rings. The Morgan fingerprint density at radius 2 is 1.82 bits per heavy atom. The molecule has 14 nitrogen and oxygen atoms in total. The quantitative estimate of drug-likeness (QED) is 0.279. The summed E-state index contributed by atoms with van der Waals surface area (Å²) in [4.78, 5) is 11.7. The maximum absolute atomic E-state index is 14.0. The minimum atomic E-state index is -5.06. The van der Waals surface area contributed by atoms with Crippen LogP contribution in [-0.2, 0) is 31.3 Å². The number of hydrogen-bond donors (Lipinski definition) is 3. The van der Waals surface area contributed by atoms with Gasteiger partial charge in [0, 0.05) is 25.0 Å². The van der Waals surface area contributed by atoms with E-state index >= 15 is 0 Å². The van der Waals surface area contributed by atoms with E-state index in [0.717, 1.165) is 24.4 Å². The molecular formula is C23H29F6N5O9S2. The smallest absolute Gasteiger partial charge is 0.427 e.